The van der Waals surface area contributed by atoms with Gasteiger partial charge in [0.2, 0.25) is 5.91 Å². The fourth-order valence-corrected chi connectivity index (χ4v) is 2.61. The maximum Gasteiger partial charge on any atom is 0.405 e. The molecule has 1 aliphatic rings. The highest BCUT2D eigenvalue weighted by Gasteiger charge is 2.43. The highest BCUT2D eigenvalue weighted by molar-refractivity contribution is 5.77. The Balaban J connectivity index is 1.64. The summed E-state index contributed by atoms with van der Waals surface area (Å²) in [7, 11) is 0. The molecule has 0 saturated carbocycles. The van der Waals surface area contributed by atoms with Gasteiger partial charge in [-0.3, -0.25) is 9.69 Å². The van der Waals surface area contributed by atoms with E-state index in [1.807, 2.05) is 18.2 Å². The van der Waals surface area contributed by atoms with Gasteiger partial charge in [-0.25, -0.2) is 0 Å². The summed E-state index contributed by atoms with van der Waals surface area (Å²) in [6.45, 7) is 1.25. The summed E-state index contributed by atoms with van der Waals surface area (Å²) in [4.78, 5) is 13.1. The van der Waals surface area contributed by atoms with Crippen LogP contribution in [-0.2, 0) is 9.53 Å². The van der Waals surface area contributed by atoms with E-state index >= 15 is 0 Å². The van der Waals surface area contributed by atoms with Gasteiger partial charge in [0.05, 0.1) is 6.61 Å². The van der Waals surface area contributed by atoms with Crippen molar-refractivity contribution in [2.75, 3.05) is 52.5 Å². The molecule has 1 aliphatic heterocycles. The van der Waals surface area contributed by atoms with Crippen LogP contribution in [0.15, 0.2) is 30.3 Å². The van der Waals surface area contributed by atoms with Gasteiger partial charge in [0.1, 0.15) is 25.0 Å². The number of rotatable bonds is 9. The number of halogens is 3. The van der Waals surface area contributed by atoms with Crippen LogP contribution < -0.4 is 15.4 Å². The first-order chi connectivity index (χ1) is 12.5. The molecule has 1 aromatic rings. The van der Waals surface area contributed by atoms with Crippen molar-refractivity contribution in [2.45, 2.75) is 12.2 Å². The van der Waals surface area contributed by atoms with Gasteiger partial charge in [-0.1, -0.05) is 18.2 Å². The van der Waals surface area contributed by atoms with E-state index in [-0.39, 0.29) is 19.8 Å². The maximum atomic E-state index is 13.2. The van der Waals surface area contributed by atoms with Crippen LogP contribution in [-0.4, -0.2) is 75.6 Å². The fraction of sp³-hybridized carbons (Fsp3) is 0.588. The molecule has 2 N–H and O–H groups in total. The first-order valence-electron chi connectivity index (χ1n) is 8.50. The Labute approximate surface area is 150 Å². The Hall–Kier alpha value is -1.84. The Kier molecular flexibility index (Phi) is 8.14. The second-order valence-electron chi connectivity index (χ2n) is 5.86. The zero-order valence-electron chi connectivity index (χ0n) is 14.4. The highest BCUT2D eigenvalue weighted by atomic mass is 19.4. The van der Waals surface area contributed by atoms with Crippen molar-refractivity contribution >= 4 is 5.91 Å². The number of para-hydroxylation sites is 1. The molecule has 1 heterocycles. The van der Waals surface area contributed by atoms with Gasteiger partial charge in [-0.05, 0) is 12.1 Å². The summed E-state index contributed by atoms with van der Waals surface area (Å²) in [5.41, 5.74) is 0. The van der Waals surface area contributed by atoms with Crippen LogP contribution in [0.1, 0.15) is 0 Å². The normalized spacial score (nSPS) is 16.9. The third kappa shape index (κ3) is 7.19. The molecule has 0 bridgehead atoms. The van der Waals surface area contributed by atoms with Crippen LogP contribution in [0.3, 0.4) is 0 Å². The number of hydrogen-bond acceptors (Lipinski definition) is 5. The summed E-state index contributed by atoms with van der Waals surface area (Å²) in [6.07, 6.45) is -4.39. The summed E-state index contributed by atoms with van der Waals surface area (Å²) >= 11 is 0. The molecule has 9 heteroatoms. The quantitative estimate of drug-likeness (QED) is 0.632. The minimum Gasteiger partial charge on any atom is -0.491 e. The molecule has 1 atom stereocenters. The van der Waals surface area contributed by atoms with E-state index in [1.165, 1.54) is 4.90 Å². The van der Waals surface area contributed by atoms with E-state index in [0.29, 0.717) is 31.9 Å². The van der Waals surface area contributed by atoms with E-state index in [9.17, 15) is 18.0 Å². The van der Waals surface area contributed by atoms with Gasteiger partial charge in [0.25, 0.3) is 0 Å². The van der Waals surface area contributed by atoms with Crippen molar-refractivity contribution in [2.24, 2.45) is 0 Å². The molecular weight excluding hydrogens is 351 g/mol. The van der Waals surface area contributed by atoms with Crippen LogP contribution in [0.5, 0.6) is 5.75 Å². The van der Waals surface area contributed by atoms with E-state index in [1.54, 1.807) is 12.1 Å². The second kappa shape index (κ2) is 10.3. The van der Waals surface area contributed by atoms with Crippen LogP contribution >= 0.6 is 0 Å². The van der Waals surface area contributed by atoms with Crippen LogP contribution in [0, 0.1) is 0 Å². The average molecular weight is 375 g/mol. The lowest BCUT2D eigenvalue weighted by molar-refractivity contribution is -0.184. The lowest BCUT2D eigenvalue weighted by Crippen LogP contribution is -2.57. The number of carbonyl (C=O) groups excluding carboxylic acids is 1. The Morgan fingerprint density at radius 1 is 1.19 bits per heavy atom. The number of alkyl halides is 3. The van der Waals surface area contributed by atoms with Crippen molar-refractivity contribution < 1.29 is 27.4 Å². The zero-order valence-corrected chi connectivity index (χ0v) is 14.4. The molecule has 1 amide bonds. The Morgan fingerprint density at radius 3 is 2.54 bits per heavy atom. The molecule has 0 aromatic heterocycles. The molecule has 146 valence electrons. The maximum absolute atomic E-state index is 13.2. The third-order valence-corrected chi connectivity index (χ3v) is 3.94. The van der Waals surface area contributed by atoms with Crippen molar-refractivity contribution in [3.8, 4) is 5.75 Å². The number of benzene rings is 1. The van der Waals surface area contributed by atoms with E-state index in [0.717, 1.165) is 0 Å². The van der Waals surface area contributed by atoms with Gasteiger partial charge < -0.3 is 20.1 Å². The molecule has 0 spiro atoms. The minimum atomic E-state index is -4.39. The van der Waals surface area contributed by atoms with Crippen molar-refractivity contribution in [1.82, 2.24) is 15.5 Å². The largest absolute Gasteiger partial charge is 0.491 e. The number of nitrogens with zero attached hydrogens (tertiary/aromatic N) is 1. The van der Waals surface area contributed by atoms with Crippen LogP contribution in [0.2, 0.25) is 0 Å². The van der Waals surface area contributed by atoms with Crippen LogP contribution in [0.4, 0.5) is 13.2 Å². The van der Waals surface area contributed by atoms with Gasteiger partial charge >= 0.3 is 6.18 Å². The molecule has 1 unspecified atom stereocenters. The number of amides is 1. The number of piperazine rings is 1. The van der Waals surface area contributed by atoms with E-state index in [4.69, 9.17) is 9.47 Å². The molecule has 6 nitrogen and oxygen atoms in total. The fourth-order valence-electron chi connectivity index (χ4n) is 2.61. The van der Waals surface area contributed by atoms with Crippen molar-refractivity contribution in [1.29, 1.82) is 0 Å². The Bertz CT molecular complexity index is 537. The van der Waals surface area contributed by atoms with Crippen molar-refractivity contribution in [3.63, 3.8) is 0 Å². The number of hydrogen-bond donors (Lipinski definition) is 2. The van der Waals surface area contributed by atoms with Gasteiger partial charge in [0.15, 0.2) is 0 Å². The molecule has 1 saturated heterocycles. The Morgan fingerprint density at radius 2 is 1.88 bits per heavy atom. The number of carbonyl (C=O) groups is 1. The summed E-state index contributed by atoms with van der Waals surface area (Å²) in [5.74, 6) is 0.110. The lowest BCUT2D eigenvalue weighted by Gasteiger charge is -2.35. The smallest absolute Gasteiger partial charge is 0.405 e. The van der Waals surface area contributed by atoms with E-state index < -0.39 is 24.7 Å². The predicted octanol–water partition coefficient (Wildman–Crippen LogP) is 1.03. The molecular formula is C17H24F3N3O3. The molecule has 1 aromatic carbocycles. The number of ether oxygens (including phenoxy) is 2. The highest BCUT2D eigenvalue weighted by Crippen LogP contribution is 2.24. The van der Waals surface area contributed by atoms with Crippen LogP contribution in [0.25, 0.3) is 0 Å². The lowest BCUT2D eigenvalue weighted by atomic mass is 10.2. The van der Waals surface area contributed by atoms with Gasteiger partial charge in [0, 0.05) is 32.7 Å². The SMILES string of the molecule is O=C(COCCOc1ccccc1)NCC(N1CCNCC1)C(F)(F)F. The topological polar surface area (TPSA) is 62.8 Å². The second-order valence-corrected chi connectivity index (χ2v) is 5.86. The van der Waals surface area contributed by atoms with Crippen molar-refractivity contribution in [3.05, 3.63) is 30.3 Å². The van der Waals surface area contributed by atoms with Gasteiger partial charge in [-0.15, -0.1) is 0 Å². The van der Waals surface area contributed by atoms with E-state index in [2.05, 4.69) is 10.6 Å². The minimum absolute atomic E-state index is 0.169. The summed E-state index contributed by atoms with van der Waals surface area (Å²) < 4.78 is 50.2. The molecule has 1 fully saturated rings. The monoisotopic (exact) mass is 375 g/mol. The van der Waals surface area contributed by atoms with Gasteiger partial charge in [-0.2, -0.15) is 13.2 Å². The molecule has 26 heavy (non-hydrogen) atoms. The number of nitrogens with one attached hydrogen (secondary N) is 2. The predicted molar refractivity (Wildman–Crippen MR) is 90.1 cm³/mol. The molecule has 0 radical (unpaired) electrons. The zero-order chi connectivity index (χ0) is 18.8. The average Bonchev–Trinajstić information content (AvgIpc) is 2.62. The summed E-state index contributed by atoms with van der Waals surface area (Å²) in [6, 6.07) is 7.43. The molecule has 0 aliphatic carbocycles. The first-order valence-corrected chi connectivity index (χ1v) is 8.50. The first kappa shape index (κ1) is 20.5. The molecule has 2 rings (SSSR count). The standard InChI is InChI=1S/C17H24F3N3O3/c18-17(19,20)15(23-8-6-21-7-9-23)12-22-16(24)13-25-10-11-26-14-4-2-1-3-5-14/h1-5,15,21H,6-13H2,(H,22,24). The summed E-state index contributed by atoms with van der Waals surface area (Å²) in [5, 5.41) is 5.32. The third-order valence-electron chi connectivity index (χ3n) is 3.94.